The Kier molecular flexibility index (Phi) is 9.93. The first-order valence-electron chi connectivity index (χ1n) is 12.9. The molecule has 0 N–H and O–H groups in total. The molecule has 0 bridgehead atoms. The number of hydrogen-bond donors (Lipinski definition) is 0. The van der Waals surface area contributed by atoms with Gasteiger partial charge in [-0.2, -0.15) is 0 Å². The first kappa shape index (κ1) is 26.0. The van der Waals surface area contributed by atoms with Crippen molar-refractivity contribution in [3.8, 4) is 11.5 Å². The number of hydrogen-bond acceptors (Lipinski definition) is 1. The summed E-state index contributed by atoms with van der Waals surface area (Å²) < 4.78 is 5.78. The van der Waals surface area contributed by atoms with Gasteiger partial charge in [-0.15, -0.1) is 0 Å². The van der Waals surface area contributed by atoms with Crippen LogP contribution in [0.4, 0.5) is 0 Å². The fourth-order valence-electron chi connectivity index (χ4n) is 4.30. The van der Waals surface area contributed by atoms with Crippen LogP contribution in [0, 0.1) is 0 Å². The molecule has 1 heterocycles. The zero-order chi connectivity index (χ0) is 25.0. The predicted octanol–water partition coefficient (Wildman–Crippen LogP) is 9.67. The van der Waals surface area contributed by atoms with Gasteiger partial charge in [0, 0.05) is 6.42 Å². The summed E-state index contributed by atoms with van der Waals surface area (Å²) >= 11 is 0. The fourth-order valence-corrected chi connectivity index (χ4v) is 4.30. The third-order valence-corrected chi connectivity index (χ3v) is 5.89. The lowest BCUT2D eigenvalue weighted by Gasteiger charge is -2.19. The molecular formula is C34H38O. The summed E-state index contributed by atoms with van der Waals surface area (Å²) in [6.07, 6.45) is 4.46. The summed E-state index contributed by atoms with van der Waals surface area (Å²) in [6, 6.07) is 33.6. The number of aryl methyl sites for hydroxylation is 2. The zero-order valence-electron chi connectivity index (χ0n) is 21.7. The van der Waals surface area contributed by atoms with Crippen molar-refractivity contribution in [3.63, 3.8) is 0 Å². The molecule has 6 rings (SSSR count). The Morgan fingerprint density at radius 1 is 0.571 bits per heavy atom. The molecular weight excluding hydrogens is 424 g/mol. The van der Waals surface area contributed by atoms with E-state index in [2.05, 4.69) is 93.2 Å². The number of ether oxygens (including phenoxy) is 1. The monoisotopic (exact) mass is 462 g/mol. The number of para-hydroxylation sites is 2. The summed E-state index contributed by atoms with van der Waals surface area (Å²) in [5, 5.41) is 0. The molecule has 0 atom stereocenters. The van der Waals surface area contributed by atoms with E-state index in [1.54, 1.807) is 0 Å². The zero-order valence-corrected chi connectivity index (χ0v) is 21.7. The molecule has 0 saturated heterocycles. The minimum absolute atomic E-state index is 0.979. The molecule has 0 fully saturated rings. The van der Waals surface area contributed by atoms with Gasteiger partial charge in [0.1, 0.15) is 11.5 Å². The quantitative estimate of drug-likeness (QED) is 0.222. The van der Waals surface area contributed by atoms with Crippen LogP contribution in [0.5, 0.6) is 11.5 Å². The van der Waals surface area contributed by atoms with Crippen LogP contribution in [0.2, 0.25) is 0 Å². The second kappa shape index (κ2) is 13.3. The summed E-state index contributed by atoms with van der Waals surface area (Å²) in [7, 11) is 0. The number of fused-ring (bicyclic) bond motifs is 4. The van der Waals surface area contributed by atoms with E-state index in [-0.39, 0.29) is 0 Å². The van der Waals surface area contributed by atoms with Gasteiger partial charge in [0.2, 0.25) is 0 Å². The Morgan fingerprint density at radius 3 is 1.34 bits per heavy atom. The minimum Gasteiger partial charge on any atom is -0.457 e. The van der Waals surface area contributed by atoms with E-state index >= 15 is 0 Å². The number of benzene rings is 4. The molecule has 0 radical (unpaired) electrons. The third kappa shape index (κ3) is 6.51. The van der Waals surface area contributed by atoms with Crippen LogP contribution in [-0.2, 0) is 19.3 Å². The van der Waals surface area contributed by atoms with E-state index in [4.69, 9.17) is 4.74 Å². The molecule has 4 aromatic carbocycles. The highest BCUT2D eigenvalue weighted by atomic mass is 16.5. The molecule has 0 unspecified atom stereocenters. The summed E-state index contributed by atoms with van der Waals surface area (Å²) in [5.74, 6) is 1.98. The highest BCUT2D eigenvalue weighted by Crippen LogP contribution is 2.35. The molecule has 1 aliphatic carbocycles. The highest BCUT2D eigenvalue weighted by molar-refractivity contribution is 5.82. The molecule has 0 aromatic heterocycles. The van der Waals surface area contributed by atoms with Crippen LogP contribution < -0.4 is 4.74 Å². The largest absolute Gasteiger partial charge is 0.457 e. The van der Waals surface area contributed by atoms with Gasteiger partial charge in [0.25, 0.3) is 0 Å². The van der Waals surface area contributed by atoms with Gasteiger partial charge < -0.3 is 4.74 Å². The van der Waals surface area contributed by atoms with Crippen molar-refractivity contribution < 1.29 is 4.74 Å². The van der Waals surface area contributed by atoms with Gasteiger partial charge in [-0.05, 0) is 63.9 Å². The average Bonchev–Trinajstić information content (AvgIpc) is 3.06. The second-order valence-corrected chi connectivity index (χ2v) is 8.49. The topological polar surface area (TPSA) is 9.23 Å². The van der Waals surface area contributed by atoms with Crippen molar-refractivity contribution in [2.75, 3.05) is 0 Å². The Morgan fingerprint density at radius 2 is 0.914 bits per heavy atom. The molecule has 0 saturated carbocycles. The lowest BCUT2D eigenvalue weighted by Crippen LogP contribution is -2.01. The Balaban J connectivity index is 0.000000167. The second-order valence-electron chi connectivity index (χ2n) is 8.49. The molecule has 0 amide bonds. The molecule has 4 aromatic rings. The van der Waals surface area contributed by atoms with Gasteiger partial charge >= 0.3 is 0 Å². The van der Waals surface area contributed by atoms with Crippen molar-refractivity contribution in [1.82, 2.24) is 0 Å². The molecule has 2 aliphatic rings. The molecule has 1 heteroatoms. The first-order valence-corrected chi connectivity index (χ1v) is 12.9. The van der Waals surface area contributed by atoms with E-state index in [0.29, 0.717) is 0 Å². The van der Waals surface area contributed by atoms with Gasteiger partial charge in [0.05, 0.1) is 0 Å². The maximum Gasteiger partial charge on any atom is 0.130 e. The van der Waals surface area contributed by atoms with E-state index < -0.39 is 0 Å². The molecule has 1 aliphatic heterocycles. The maximum atomic E-state index is 5.78. The molecule has 1 nitrogen and oxygen atoms in total. The van der Waals surface area contributed by atoms with E-state index in [1.165, 1.54) is 45.4 Å². The van der Waals surface area contributed by atoms with Gasteiger partial charge in [0.15, 0.2) is 0 Å². The van der Waals surface area contributed by atoms with Gasteiger partial charge in [-0.1, -0.05) is 126 Å². The maximum absolute atomic E-state index is 5.78. The van der Waals surface area contributed by atoms with Crippen LogP contribution in [0.3, 0.4) is 0 Å². The van der Waals surface area contributed by atoms with Crippen LogP contribution in [0.25, 0.3) is 5.57 Å². The van der Waals surface area contributed by atoms with Gasteiger partial charge in [-0.3, -0.25) is 0 Å². The number of rotatable bonds is 0. The van der Waals surface area contributed by atoms with Crippen molar-refractivity contribution >= 4 is 5.57 Å². The Bertz CT molecular complexity index is 1100. The summed E-state index contributed by atoms with van der Waals surface area (Å²) in [6.45, 7) is 12.5. The smallest absolute Gasteiger partial charge is 0.130 e. The van der Waals surface area contributed by atoms with Crippen molar-refractivity contribution in [3.05, 3.63) is 137 Å². The lowest BCUT2D eigenvalue weighted by molar-refractivity contribution is 0.460. The van der Waals surface area contributed by atoms with Gasteiger partial charge in [-0.25, -0.2) is 0 Å². The Labute approximate surface area is 212 Å². The predicted molar refractivity (Wildman–Crippen MR) is 152 cm³/mol. The summed E-state index contributed by atoms with van der Waals surface area (Å²) in [4.78, 5) is 0. The first-order chi connectivity index (χ1) is 17.2. The van der Waals surface area contributed by atoms with Crippen molar-refractivity contribution in [1.29, 1.82) is 0 Å². The van der Waals surface area contributed by atoms with E-state index in [9.17, 15) is 0 Å². The standard InChI is InChI=1S/C16H14.C13H10O.C3H8.C2H6/c1-12-15-8-4-2-6-13(15)10-11-14-7-3-5-9-16(12)14;1-3-7-12-10(5-1)9-11-6-2-4-8-13(11)14-12;1-3-2;1-2/h2-9H,1,10-11H2;1-8H,9H2;3H2,1-2H3;1-2H3. The van der Waals surface area contributed by atoms with Crippen LogP contribution in [0.1, 0.15) is 67.5 Å². The van der Waals surface area contributed by atoms with Crippen molar-refractivity contribution in [2.45, 2.75) is 53.4 Å². The fraction of sp³-hybridized carbons (Fsp3) is 0.235. The van der Waals surface area contributed by atoms with Crippen LogP contribution in [0.15, 0.2) is 104 Å². The summed E-state index contributed by atoms with van der Waals surface area (Å²) in [5.41, 5.74) is 9.17. The van der Waals surface area contributed by atoms with Crippen LogP contribution in [-0.4, -0.2) is 0 Å². The minimum atomic E-state index is 0.979. The normalized spacial score (nSPS) is 12.1. The third-order valence-electron chi connectivity index (χ3n) is 5.89. The van der Waals surface area contributed by atoms with Crippen LogP contribution >= 0.6 is 0 Å². The molecule has 35 heavy (non-hydrogen) atoms. The highest BCUT2D eigenvalue weighted by Gasteiger charge is 2.16. The van der Waals surface area contributed by atoms with E-state index in [0.717, 1.165) is 30.8 Å². The van der Waals surface area contributed by atoms with Crippen molar-refractivity contribution in [2.24, 2.45) is 0 Å². The SMILES string of the molecule is C=C1c2ccccc2CCc2ccccc21.CC.CCC.c1ccc2c(c1)Cc1ccccc1O2. The molecule has 180 valence electrons. The lowest BCUT2D eigenvalue weighted by atomic mass is 9.96. The Hall–Kier alpha value is -3.58. The van der Waals surface area contributed by atoms with E-state index in [1.807, 2.05) is 38.1 Å². The average molecular weight is 463 g/mol. The molecule has 0 spiro atoms.